The lowest BCUT2D eigenvalue weighted by atomic mass is 9.94. The molecule has 0 atom stereocenters. The molecule has 5 heteroatoms. The Morgan fingerprint density at radius 1 is 1.07 bits per heavy atom. The molecule has 0 amide bonds. The molecule has 2 heterocycles. The number of hydrogen-bond acceptors (Lipinski definition) is 3. The molecule has 0 saturated heterocycles. The van der Waals surface area contributed by atoms with Crippen LogP contribution in [0, 0.1) is 12.7 Å². The van der Waals surface area contributed by atoms with Gasteiger partial charge in [-0.1, -0.05) is 37.5 Å². The molecule has 1 aliphatic heterocycles. The number of fused-ring (bicyclic) bond motifs is 2. The molecule has 29 heavy (non-hydrogen) atoms. The third kappa shape index (κ3) is 3.76. The van der Waals surface area contributed by atoms with Crippen LogP contribution in [-0.4, -0.2) is 21.1 Å². The highest BCUT2D eigenvalue weighted by atomic mass is 32.2. The lowest BCUT2D eigenvalue weighted by molar-refractivity contribution is 0.238. The molecular weight excluding hydrogens is 381 g/mol. The van der Waals surface area contributed by atoms with Crippen LogP contribution in [0.3, 0.4) is 0 Å². The molecule has 0 N–H and O–H groups in total. The zero-order valence-corrected chi connectivity index (χ0v) is 17.4. The van der Waals surface area contributed by atoms with Gasteiger partial charge >= 0.3 is 0 Å². The highest BCUT2D eigenvalue weighted by molar-refractivity contribution is 8.13. The van der Waals surface area contributed by atoms with E-state index in [1.807, 2.05) is 0 Å². The number of aliphatic imine (C=N–C) groups is 1. The zero-order valence-electron chi connectivity index (χ0n) is 16.6. The second-order valence-electron chi connectivity index (χ2n) is 7.99. The first-order valence-corrected chi connectivity index (χ1v) is 11.2. The molecule has 1 fully saturated rings. The molecule has 5 rings (SSSR count). The summed E-state index contributed by atoms with van der Waals surface area (Å²) in [5, 5.41) is 3.23. The molecule has 0 unspecified atom stereocenters. The third-order valence-electron chi connectivity index (χ3n) is 5.93. The van der Waals surface area contributed by atoms with Crippen LogP contribution in [-0.2, 0) is 6.54 Å². The lowest BCUT2D eigenvalue weighted by Gasteiger charge is -2.39. The molecule has 3 aromatic rings. The van der Waals surface area contributed by atoms with E-state index in [1.165, 1.54) is 60.7 Å². The number of para-hydroxylation sites is 1. The third-order valence-corrected chi connectivity index (χ3v) is 6.98. The molecule has 1 saturated carbocycles. The van der Waals surface area contributed by atoms with Crippen LogP contribution in [0.4, 0.5) is 10.1 Å². The smallest absolute Gasteiger partial charge is 0.171 e. The van der Waals surface area contributed by atoms with E-state index >= 15 is 0 Å². The Morgan fingerprint density at radius 3 is 2.66 bits per heavy atom. The van der Waals surface area contributed by atoms with E-state index in [2.05, 4.69) is 36.1 Å². The first kappa shape index (κ1) is 18.6. The Bertz CT molecular complexity index is 1070. The van der Waals surface area contributed by atoms with Gasteiger partial charge in [0.25, 0.3) is 0 Å². The van der Waals surface area contributed by atoms with Gasteiger partial charge in [-0.15, -0.1) is 0 Å². The summed E-state index contributed by atoms with van der Waals surface area (Å²) in [5.41, 5.74) is 4.32. The molecule has 0 radical (unpaired) electrons. The second-order valence-corrected chi connectivity index (χ2v) is 8.95. The first-order valence-electron chi connectivity index (χ1n) is 10.4. The summed E-state index contributed by atoms with van der Waals surface area (Å²) in [5.74, 6) is -0.233. The van der Waals surface area contributed by atoms with Crippen molar-refractivity contribution in [3.05, 3.63) is 65.5 Å². The van der Waals surface area contributed by atoms with E-state index in [0.29, 0.717) is 6.04 Å². The zero-order chi connectivity index (χ0) is 19.8. The van der Waals surface area contributed by atoms with Gasteiger partial charge in [0.15, 0.2) is 5.17 Å². The minimum atomic E-state index is -0.233. The number of amidine groups is 1. The molecule has 0 spiro atoms. The maximum Gasteiger partial charge on any atom is 0.171 e. The van der Waals surface area contributed by atoms with Gasteiger partial charge in [-0.05, 0) is 67.4 Å². The number of aryl methyl sites for hydroxylation is 1. The van der Waals surface area contributed by atoms with Crippen molar-refractivity contribution in [3.8, 4) is 0 Å². The maximum absolute atomic E-state index is 13.3. The number of benzene rings is 2. The Hall–Kier alpha value is -2.40. The summed E-state index contributed by atoms with van der Waals surface area (Å²) in [7, 11) is 0. The molecule has 2 aliphatic rings. The van der Waals surface area contributed by atoms with Crippen LogP contribution >= 0.6 is 11.8 Å². The molecule has 0 bridgehead atoms. The summed E-state index contributed by atoms with van der Waals surface area (Å²) >= 11 is 1.65. The Morgan fingerprint density at radius 2 is 1.86 bits per heavy atom. The van der Waals surface area contributed by atoms with E-state index in [4.69, 9.17) is 9.98 Å². The van der Waals surface area contributed by atoms with Gasteiger partial charge in [-0.25, -0.2) is 14.4 Å². The number of thioether (sulfide) groups is 1. The average molecular weight is 406 g/mol. The number of pyridine rings is 1. The highest BCUT2D eigenvalue weighted by Crippen LogP contribution is 2.38. The number of aromatic nitrogens is 1. The van der Waals surface area contributed by atoms with Gasteiger partial charge in [0.1, 0.15) is 10.8 Å². The van der Waals surface area contributed by atoms with Crippen molar-refractivity contribution in [3.63, 3.8) is 0 Å². The van der Waals surface area contributed by atoms with E-state index in [0.717, 1.165) is 27.9 Å². The molecule has 1 aliphatic carbocycles. The Balaban J connectivity index is 1.58. The van der Waals surface area contributed by atoms with E-state index in [9.17, 15) is 4.39 Å². The lowest BCUT2D eigenvalue weighted by Crippen LogP contribution is -2.41. The van der Waals surface area contributed by atoms with Crippen molar-refractivity contribution in [1.29, 1.82) is 0 Å². The van der Waals surface area contributed by atoms with Gasteiger partial charge in [0.2, 0.25) is 0 Å². The minimum absolute atomic E-state index is 0.233. The van der Waals surface area contributed by atoms with Crippen LogP contribution in [0.15, 0.2) is 58.5 Å². The fourth-order valence-electron chi connectivity index (χ4n) is 4.36. The quantitative estimate of drug-likeness (QED) is 0.480. The highest BCUT2D eigenvalue weighted by Gasteiger charge is 2.30. The van der Waals surface area contributed by atoms with Crippen LogP contribution < -0.4 is 0 Å². The summed E-state index contributed by atoms with van der Waals surface area (Å²) < 4.78 is 13.3. The largest absolute Gasteiger partial charge is 0.343 e. The van der Waals surface area contributed by atoms with Crippen molar-refractivity contribution in [2.75, 3.05) is 0 Å². The van der Waals surface area contributed by atoms with Crippen molar-refractivity contribution < 1.29 is 4.39 Å². The molecular formula is C24H24FN3S. The Labute approximate surface area is 175 Å². The topological polar surface area (TPSA) is 28.5 Å². The standard InChI is InChI=1S/C24H24FN3S/c1-16-6-5-7-17-14-18-15-28(21-8-3-2-4-9-21)24(29-23(18)27-22(16)17)26-20-12-10-19(25)11-13-20/h5-7,10-14,21H,2-4,8-9,15H2,1H3. The van der Waals surface area contributed by atoms with Crippen LogP contribution in [0.1, 0.15) is 43.2 Å². The van der Waals surface area contributed by atoms with Crippen LogP contribution in [0.5, 0.6) is 0 Å². The fourth-order valence-corrected chi connectivity index (χ4v) is 5.41. The molecule has 148 valence electrons. The predicted molar refractivity (Wildman–Crippen MR) is 118 cm³/mol. The minimum Gasteiger partial charge on any atom is -0.343 e. The van der Waals surface area contributed by atoms with E-state index in [1.54, 1.807) is 23.9 Å². The predicted octanol–water partition coefficient (Wildman–Crippen LogP) is 6.61. The van der Waals surface area contributed by atoms with Crippen LogP contribution in [0.25, 0.3) is 10.9 Å². The molecule has 3 nitrogen and oxygen atoms in total. The number of nitrogens with zero attached hydrogens (tertiary/aromatic N) is 3. The van der Waals surface area contributed by atoms with E-state index < -0.39 is 0 Å². The maximum atomic E-state index is 13.3. The first-order chi connectivity index (χ1) is 14.2. The van der Waals surface area contributed by atoms with Crippen molar-refractivity contribution in [1.82, 2.24) is 9.88 Å². The second kappa shape index (κ2) is 7.79. The number of halogens is 1. The SMILES string of the molecule is Cc1cccc2cc3c(nc12)SC(=Nc1ccc(F)cc1)N(C1CCCCC1)C3. The summed E-state index contributed by atoms with van der Waals surface area (Å²) in [6, 6.07) is 15.6. The monoisotopic (exact) mass is 405 g/mol. The average Bonchev–Trinajstić information content (AvgIpc) is 2.75. The summed E-state index contributed by atoms with van der Waals surface area (Å²) in [6.45, 7) is 2.95. The van der Waals surface area contributed by atoms with Gasteiger partial charge < -0.3 is 4.90 Å². The van der Waals surface area contributed by atoms with Crippen molar-refractivity contribution >= 4 is 33.5 Å². The van der Waals surface area contributed by atoms with Gasteiger partial charge in [-0.2, -0.15) is 0 Å². The van der Waals surface area contributed by atoms with Gasteiger partial charge in [0.05, 0.1) is 11.2 Å². The van der Waals surface area contributed by atoms with Gasteiger partial charge in [0, 0.05) is 23.5 Å². The summed E-state index contributed by atoms with van der Waals surface area (Å²) in [6.07, 6.45) is 6.29. The van der Waals surface area contributed by atoms with Gasteiger partial charge in [-0.3, -0.25) is 0 Å². The number of rotatable bonds is 2. The molecule has 2 aromatic carbocycles. The van der Waals surface area contributed by atoms with Crippen molar-refractivity contribution in [2.45, 2.75) is 56.6 Å². The fraction of sp³-hybridized carbons (Fsp3) is 0.333. The normalized spacial score (nSPS) is 19.0. The summed E-state index contributed by atoms with van der Waals surface area (Å²) in [4.78, 5) is 12.4. The number of hydrogen-bond donors (Lipinski definition) is 0. The van der Waals surface area contributed by atoms with Crippen molar-refractivity contribution in [2.24, 2.45) is 4.99 Å². The Kier molecular flexibility index (Phi) is 5.00. The van der Waals surface area contributed by atoms with Crippen LogP contribution in [0.2, 0.25) is 0 Å². The van der Waals surface area contributed by atoms with E-state index in [-0.39, 0.29) is 5.82 Å². The molecule has 1 aromatic heterocycles.